The van der Waals surface area contributed by atoms with Crippen LogP contribution >= 0.6 is 0 Å². The molecule has 33 nitrogen and oxygen atoms in total. The minimum absolute atomic E-state index is 0.00459. The maximum Gasteiger partial charge on any atom is 0.308 e. The summed E-state index contributed by atoms with van der Waals surface area (Å²) in [6.45, 7) is 18.8. The lowest BCUT2D eigenvalue weighted by atomic mass is 9.82. The molecule has 644 valence electrons. The van der Waals surface area contributed by atoms with Crippen LogP contribution in [0.15, 0.2) is 85.1 Å². The van der Waals surface area contributed by atoms with Crippen LogP contribution in [0.1, 0.15) is 79.1 Å². The maximum atomic E-state index is 14.2. The van der Waals surface area contributed by atoms with Gasteiger partial charge in [0.2, 0.25) is 5.91 Å². The maximum absolute atomic E-state index is 14.2. The number of allylic oxidation sites excluding steroid dienone is 12. The first-order valence-corrected chi connectivity index (χ1v) is 39.0. The quantitative estimate of drug-likeness (QED) is 0.0293. The molecule has 2 bridgehead atoms. The Kier molecular flexibility index (Phi) is 59.3. The van der Waals surface area contributed by atoms with Crippen molar-refractivity contribution in [3.05, 3.63) is 85.1 Å². The van der Waals surface area contributed by atoms with Gasteiger partial charge in [0.25, 0.3) is 0 Å². The van der Waals surface area contributed by atoms with Gasteiger partial charge in [-0.3, -0.25) is 9.59 Å². The Morgan fingerprint density at radius 1 is 0.450 bits per heavy atom. The molecule has 19 atom stereocenters. The van der Waals surface area contributed by atoms with Gasteiger partial charge in [0.15, 0.2) is 12.1 Å². The second-order valence-corrected chi connectivity index (χ2v) is 27.1. The number of methoxy groups -OCH3 is 1. The average molecular weight is 1600 g/mol. The van der Waals surface area contributed by atoms with Crippen molar-refractivity contribution in [2.24, 2.45) is 23.5 Å². The van der Waals surface area contributed by atoms with Crippen LogP contribution < -0.4 is 11.1 Å². The molecule has 1 amide bonds. The normalized spacial score (nSPS) is 31.6. The van der Waals surface area contributed by atoms with Crippen molar-refractivity contribution in [2.45, 2.75) is 177 Å². The van der Waals surface area contributed by atoms with Gasteiger partial charge in [0.1, 0.15) is 12.2 Å². The van der Waals surface area contributed by atoms with Gasteiger partial charge in [-0.25, -0.2) is 0 Å². The lowest BCUT2D eigenvalue weighted by Gasteiger charge is -2.46. The van der Waals surface area contributed by atoms with E-state index in [4.69, 9.17) is 95.7 Å². The molecule has 0 saturated carbocycles. The average Bonchev–Trinajstić information content (AvgIpc) is 0.784. The third-order valence-electron chi connectivity index (χ3n) is 17.9. The van der Waals surface area contributed by atoms with Crippen LogP contribution in [-0.4, -0.2) is 366 Å². The summed E-state index contributed by atoms with van der Waals surface area (Å²) >= 11 is 0. The summed E-state index contributed by atoms with van der Waals surface area (Å²) in [5.74, 6) is -5.89. The van der Waals surface area contributed by atoms with Crippen LogP contribution in [0.25, 0.3) is 0 Å². The minimum atomic E-state index is -2.30. The summed E-state index contributed by atoms with van der Waals surface area (Å²) in [6, 6.07) is -1.17. The molecule has 3 aliphatic heterocycles. The summed E-state index contributed by atoms with van der Waals surface area (Å²) in [4.78, 5) is 27.0. The molecule has 3 heterocycles. The fraction of sp³-hybridized carbons (Fsp3) is 0.795. The van der Waals surface area contributed by atoms with E-state index < -0.39 is 147 Å². The SMILES string of the molecule is COCCOCCOCCOCCOCCOCCOCCOCCOCCOCCOCCOCCOCCOCCOCCNC(=O)[C@H]1[C@@H]2C[C@@H](O[C@@H]3O[C@H](C)[C@@H](O)[C@H](N)[C@@H]3O)/C=C/C=C/C=C/C=C/C=C/C=C/C=C/[C@H](C)[C@@H](O)[C@H](C)[C@H](C)OC(=O)C[C@H](O)C[C@H](O)[C@@H](O)CC[C@H](O)C[C@H](O)C[C@](O)(C[C@@H]1O)O2. The molecular weight excluding hydrogens is 1460 g/mol. The number of amides is 1. The molecule has 2 saturated heterocycles. The van der Waals surface area contributed by atoms with Gasteiger partial charge in [-0.1, -0.05) is 98.9 Å². The molecule has 2 fully saturated rings. The van der Waals surface area contributed by atoms with E-state index in [2.05, 4.69) is 5.32 Å². The van der Waals surface area contributed by atoms with E-state index >= 15 is 0 Å². The van der Waals surface area contributed by atoms with Crippen molar-refractivity contribution in [1.29, 1.82) is 0 Å². The predicted molar refractivity (Wildman–Crippen MR) is 406 cm³/mol. The van der Waals surface area contributed by atoms with Crippen LogP contribution in [-0.2, 0) is 99.6 Å². The Labute approximate surface area is 655 Å². The summed E-state index contributed by atoms with van der Waals surface area (Å²) in [7, 11) is 1.63. The first-order valence-electron chi connectivity index (χ1n) is 39.0. The second-order valence-electron chi connectivity index (χ2n) is 27.1. The van der Waals surface area contributed by atoms with Gasteiger partial charge in [0, 0.05) is 51.2 Å². The molecule has 13 N–H and O–H groups in total. The molecule has 0 aliphatic carbocycles. The van der Waals surface area contributed by atoms with Gasteiger partial charge in [-0.2, -0.15) is 0 Å². The fourth-order valence-electron chi connectivity index (χ4n) is 11.5. The summed E-state index contributed by atoms with van der Waals surface area (Å²) in [5.41, 5.74) is 6.18. The first-order chi connectivity index (χ1) is 53.7. The number of hydrogen-bond donors (Lipinski definition) is 12. The summed E-state index contributed by atoms with van der Waals surface area (Å²) < 4.78 is 106. The van der Waals surface area contributed by atoms with E-state index in [9.17, 15) is 60.7 Å². The van der Waals surface area contributed by atoms with E-state index in [0.717, 1.165) is 0 Å². The molecule has 0 unspecified atom stereocenters. The van der Waals surface area contributed by atoms with Gasteiger partial charge >= 0.3 is 5.97 Å². The Hall–Kier alpha value is -4.04. The van der Waals surface area contributed by atoms with Crippen molar-refractivity contribution in [2.75, 3.05) is 205 Å². The Morgan fingerprint density at radius 2 is 0.847 bits per heavy atom. The molecule has 111 heavy (non-hydrogen) atoms. The number of fused-ring (bicyclic) bond motifs is 2. The highest BCUT2D eigenvalue weighted by Crippen LogP contribution is 2.38. The largest absolute Gasteiger partial charge is 0.462 e. The molecule has 0 radical (unpaired) electrons. The molecular formula is C78H136N2O31. The third kappa shape index (κ3) is 49.6. The van der Waals surface area contributed by atoms with E-state index in [-0.39, 0.29) is 58.0 Å². The Morgan fingerprint density at radius 3 is 1.27 bits per heavy atom. The number of ether oxygens (including phenoxy) is 19. The van der Waals surface area contributed by atoms with Crippen LogP contribution in [0.5, 0.6) is 0 Å². The highest BCUT2D eigenvalue weighted by atomic mass is 16.7. The molecule has 0 aromatic rings. The van der Waals surface area contributed by atoms with Gasteiger partial charge in [0.05, 0.1) is 277 Å². The number of nitrogens with two attached hydrogens (primary N) is 1. The smallest absolute Gasteiger partial charge is 0.308 e. The first kappa shape index (κ1) is 101. The van der Waals surface area contributed by atoms with Crippen LogP contribution in [0.3, 0.4) is 0 Å². The molecule has 0 spiro atoms. The van der Waals surface area contributed by atoms with E-state index in [1.165, 1.54) is 0 Å². The highest BCUT2D eigenvalue weighted by molar-refractivity contribution is 5.80. The van der Waals surface area contributed by atoms with Crippen molar-refractivity contribution in [3.8, 4) is 0 Å². The molecule has 33 heteroatoms. The zero-order chi connectivity index (χ0) is 81.0. The number of cyclic esters (lactones) is 1. The van der Waals surface area contributed by atoms with Crippen molar-refractivity contribution in [1.82, 2.24) is 5.32 Å². The summed E-state index contributed by atoms with van der Waals surface area (Å²) in [5, 5.41) is 114. The molecule has 3 rings (SSSR count). The number of rotatable bonds is 48. The fourth-order valence-corrected chi connectivity index (χ4v) is 11.5. The van der Waals surface area contributed by atoms with Crippen LogP contribution in [0.2, 0.25) is 0 Å². The number of hydrogen-bond acceptors (Lipinski definition) is 32. The number of carbonyl (C=O) groups is 2. The second kappa shape index (κ2) is 65.0. The molecule has 0 aromatic heterocycles. The van der Waals surface area contributed by atoms with Crippen molar-refractivity contribution < 1.29 is 151 Å². The standard InChI is InChI=1S/C78H136N2O31/c1-58-18-16-14-12-10-8-6-7-9-11-13-15-17-19-65(110-77-75(90)72(79)74(89)61(4)109-77)55-69-71(68(86)57-78(92,111-69)56-64(83)52-62(81)20-21-66(84)67(85)53-63(82)54-70(87)108-60(3)59(2)73(58)88)76(91)80-22-23-94-26-27-96-30-31-98-34-35-100-38-39-102-42-43-104-46-47-106-50-51-107-49-48-105-45-44-103-41-40-101-37-36-99-33-32-97-29-28-95-25-24-93-5/h6-19,58-69,71-75,77,81-86,88-90,92H,20-57,79H2,1-5H3,(H,80,91)/b7-6+,10-8+,11-9+,14-12+,15-13+,18-16+,19-17+/t58-,59+,60-,61+,62-,63+,64-,65-,66-,67-,68-,69-,71+,72-,73+,74+,75-,77-,78+/m0/s1. The van der Waals surface area contributed by atoms with Crippen molar-refractivity contribution >= 4 is 11.9 Å². The lowest BCUT2D eigenvalue weighted by Crippen LogP contribution is -2.62. The van der Waals surface area contributed by atoms with Crippen LogP contribution in [0.4, 0.5) is 0 Å². The third-order valence-corrected chi connectivity index (χ3v) is 17.9. The zero-order valence-corrected chi connectivity index (χ0v) is 66.0. The van der Waals surface area contributed by atoms with E-state index in [1.54, 1.807) is 82.6 Å². The highest BCUT2D eigenvalue weighted by Gasteiger charge is 2.51. The van der Waals surface area contributed by atoms with Gasteiger partial charge in [-0.15, -0.1) is 0 Å². The van der Waals surface area contributed by atoms with E-state index in [1.807, 2.05) is 37.3 Å². The predicted octanol–water partition coefficient (Wildman–Crippen LogP) is 0.622. The molecule has 0 aromatic carbocycles. The Balaban J connectivity index is 1.39. The Bertz CT molecular complexity index is 2500. The topological polar surface area (TPSA) is 450 Å². The lowest BCUT2D eigenvalue weighted by molar-refractivity contribution is -0.307. The van der Waals surface area contributed by atoms with Crippen LogP contribution in [0, 0.1) is 17.8 Å². The number of nitrogens with one attached hydrogen (secondary N) is 1. The minimum Gasteiger partial charge on any atom is -0.462 e. The van der Waals surface area contributed by atoms with Crippen molar-refractivity contribution in [3.63, 3.8) is 0 Å². The number of carbonyl (C=O) groups excluding carboxylic acids is 2. The number of aliphatic hydroxyl groups excluding tert-OH is 9. The summed E-state index contributed by atoms with van der Waals surface area (Å²) in [6.07, 6.45) is 3.80. The number of esters is 1. The number of aliphatic hydroxyl groups is 10. The van der Waals surface area contributed by atoms with Gasteiger partial charge in [-0.05, 0) is 33.1 Å². The monoisotopic (exact) mass is 1600 g/mol. The van der Waals surface area contributed by atoms with Gasteiger partial charge < -0.3 is 152 Å². The molecule has 3 aliphatic rings. The zero-order valence-electron chi connectivity index (χ0n) is 66.0. The van der Waals surface area contributed by atoms with E-state index in [0.29, 0.717) is 172 Å².